The van der Waals surface area contributed by atoms with Gasteiger partial charge in [-0.3, -0.25) is 14.5 Å². The van der Waals surface area contributed by atoms with Crippen molar-refractivity contribution in [2.45, 2.75) is 25.6 Å². The molecule has 2 aromatic heterocycles. The Labute approximate surface area is 293 Å². The van der Waals surface area contributed by atoms with Crippen LogP contribution in [0.4, 0.5) is 23.5 Å². The molecule has 3 heterocycles. The van der Waals surface area contributed by atoms with E-state index >= 15 is 0 Å². The third-order valence-corrected chi connectivity index (χ3v) is 8.21. The van der Waals surface area contributed by atoms with Crippen molar-refractivity contribution < 1.29 is 14.7 Å². The second kappa shape index (κ2) is 16.2. The number of aromatic amines is 1. The van der Waals surface area contributed by atoms with Gasteiger partial charge in [0.1, 0.15) is 6.04 Å². The molecule has 1 atom stereocenters. The number of hydrogen-bond donors (Lipinski definition) is 5. The lowest BCUT2D eigenvalue weighted by molar-refractivity contribution is -0.137. The number of aliphatic carboxylic acids is 1. The van der Waals surface area contributed by atoms with Crippen LogP contribution >= 0.6 is 0 Å². The molecular weight excluding hydrogens is 650 g/mol. The molecule has 1 aliphatic rings. The van der Waals surface area contributed by atoms with Gasteiger partial charge in [0.25, 0.3) is 11.5 Å². The number of carboxylic acid groups (broad SMARTS) is 1. The Kier molecular flexibility index (Phi) is 10.8. The van der Waals surface area contributed by atoms with Gasteiger partial charge in [0.2, 0.25) is 17.8 Å². The van der Waals surface area contributed by atoms with Crippen molar-refractivity contribution in [1.29, 1.82) is 5.26 Å². The van der Waals surface area contributed by atoms with Crippen LogP contribution in [-0.4, -0.2) is 83.9 Å². The van der Waals surface area contributed by atoms with Gasteiger partial charge >= 0.3 is 5.97 Å². The van der Waals surface area contributed by atoms with Crippen LogP contribution in [0.15, 0.2) is 96.1 Å². The van der Waals surface area contributed by atoms with E-state index in [4.69, 9.17) is 5.26 Å². The van der Waals surface area contributed by atoms with Crippen LogP contribution in [0.3, 0.4) is 0 Å². The molecule has 1 amide bonds. The van der Waals surface area contributed by atoms with Gasteiger partial charge in [-0.25, -0.2) is 9.78 Å². The van der Waals surface area contributed by atoms with Crippen molar-refractivity contribution >= 4 is 35.4 Å². The summed E-state index contributed by atoms with van der Waals surface area (Å²) in [5, 5.41) is 28.5. The molecule has 0 saturated carbocycles. The summed E-state index contributed by atoms with van der Waals surface area (Å²) in [4.78, 5) is 61.0. The number of nitrogens with one attached hydrogen (secondary N) is 4. The topological polar surface area (TPSA) is 205 Å². The largest absolute Gasteiger partial charge is 0.480 e. The fourth-order valence-electron chi connectivity index (χ4n) is 5.56. The van der Waals surface area contributed by atoms with E-state index in [1.165, 1.54) is 12.4 Å². The molecule has 1 saturated heterocycles. The van der Waals surface area contributed by atoms with Crippen molar-refractivity contribution in [2.24, 2.45) is 0 Å². The number of anilines is 4. The highest BCUT2D eigenvalue weighted by atomic mass is 16.4. The van der Waals surface area contributed by atoms with Crippen molar-refractivity contribution in [3.63, 3.8) is 0 Å². The molecule has 258 valence electrons. The summed E-state index contributed by atoms with van der Waals surface area (Å²) in [5.41, 5.74) is 3.35. The van der Waals surface area contributed by atoms with E-state index in [2.05, 4.69) is 51.8 Å². The number of carboxylic acids is 1. The van der Waals surface area contributed by atoms with Crippen molar-refractivity contribution in [1.82, 2.24) is 34.7 Å². The minimum absolute atomic E-state index is 0.0698. The third-order valence-electron chi connectivity index (χ3n) is 8.21. The standard InChI is InChI=1S/C36H35N11O4/c37-21-25-11-9-24(10-12-25)20-29(33(50)51)42-36-44-34(40-22-26-5-2-1-3-6-26)43-35(45-36)41-28-8-4-7-27(19-28)23-46-15-17-47(18-16-46)32(49)30-31(48)39-14-13-38-30/h1-14,19,29H,15-18,20,22-23H2,(H,39,48)(H,50,51)(H3,40,41,42,43,44,45). The lowest BCUT2D eigenvalue weighted by Gasteiger charge is -2.34. The molecule has 0 aliphatic carbocycles. The summed E-state index contributed by atoms with van der Waals surface area (Å²) >= 11 is 0. The van der Waals surface area contributed by atoms with Crippen LogP contribution in [0.2, 0.25) is 0 Å². The highest BCUT2D eigenvalue weighted by Gasteiger charge is 2.25. The highest BCUT2D eigenvalue weighted by Crippen LogP contribution is 2.20. The monoisotopic (exact) mass is 685 g/mol. The zero-order valence-electron chi connectivity index (χ0n) is 27.5. The summed E-state index contributed by atoms with van der Waals surface area (Å²) in [6, 6.07) is 25.2. The average Bonchev–Trinajstić information content (AvgIpc) is 3.15. The van der Waals surface area contributed by atoms with E-state index in [0.29, 0.717) is 50.5 Å². The number of aromatic nitrogens is 5. The lowest BCUT2D eigenvalue weighted by Crippen LogP contribution is -2.49. The van der Waals surface area contributed by atoms with Gasteiger partial charge in [-0.15, -0.1) is 0 Å². The molecule has 1 aliphatic heterocycles. The lowest BCUT2D eigenvalue weighted by atomic mass is 10.0. The van der Waals surface area contributed by atoms with E-state index in [1.807, 2.05) is 54.6 Å². The molecule has 6 rings (SSSR count). The third kappa shape index (κ3) is 9.28. The zero-order valence-corrected chi connectivity index (χ0v) is 27.5. The van der Waals surface area contributed by atoms with Gasteiger partial charge in [-0.2, -0.15) is 20.2 Å². The average molecular weight is 686 g/mol. The number of carbonyl (C=O) groups is 2. The minimum Gasteiger partial charge on any atom is -0.480 e. The number of H-pyrrole nitrogens is 1. The number of hydrogen-bond acceptors (Lipinski definition) is 12. The molecule has 1 fully saturated rings. The van der Waals surface area contributed by atoms with Gasteiger partial charge in [0.05, 0.1) is 11.6 Å². The number of rotatable bonds is 13. The van der Waals surface area contributed by atoms with Crippen LogP contribution in [0.5, 0.6) is 0 Å². The number of benzene rings is 3. The van der Waals surface area contributed by atoms with E-state index < -0.39 is 17.6 Å². The first-order valence-electron chi connectivity index (χ1n) is 16.3. The smallest absolute Gasteiger partial charge is 0.326 e. The first-order chi connectivity index (χ1) is 24.8. The number of nitrogens with zero attached hydrogens (tertiary/aromatic N) is 7. The zero-order chi connectivity index (χ0) is 35.6. The number of carbonyl (C=O) groups excluding carboxylic acids is 1. The molecule has 15 heteroatoms. The highest BCUT2D eigenvalue weighted by molar-refractivity contribution is 5.92. The molecule has 51 heavy (non-hydrogen) atoms. The Balaban J connectivity index is 1.15. The number of nitriles is 1. The molecule has 3 aromatic carbocycles. The molecule has 5 aromatic rings. The second-order valence-electron chi connectivity index (χ2n) is 11.9. The first kappa shape index (κ1) is 34.2. The maximum atomic E-state index is 12.8. The van der Waals surface area contributed by atoms with Crippen molar-refractivity contribution in [2.75, 3.05) is 42.1 Å². The number of piperazine rings is 1. The van der Waals surface area contributed by atoms with E-state index in [0.717, 1.165) is 16.7 Å². The summed E-state index contributed by atoms with van der Waals surface area (Å²) in [6.45, 7) is 3.25. The molecule has 0 radical (unpaired) electrons. The van der Waals surface area contributed by atoms with E-state index in [-0.39, 0.29) is 35.9 Å². The summed E-state index contributed by atoms with van der Waals surface area (Å²) in [7, 11) is 0. The first-order valence-corrected chi connectivity index (χ1v) is 16.3. The van der Waals surface area contributed by atoms with E-state index in [1.54, 1.807) is 29.2 Å². The van der Waals surface area contributed by atoms with Gasteiger partial charge < -0.3 is 30.9 Å². The Morgan fingerprint density at radius 3 is 2.33 bits per heavy atom. The fraction of sp³-hybridized carbons (Fsp3) is 0.222. The Hall–Kier alpha value is -6.66. The Morgan fingerprint density at radius 1 is 0.882 bits per heavy atom. The van der Waals surface area contributed by atoms with Crippen LogP contribution in [-0.2, 0) is 24.3 Å². The Morgan fingerprint density at radius 2 is 1.61 bits per heavy atom. The van der Waals surface area contributed by atoms with Gasteiger partial charge in [-0.1, -0.05) is 54.6 Å². The van der Waals surface area contributed by atoms with Gasteiger partial charge in [0.15, 0.2) is 5.69 Å². The summed E-state index contributed by atoms with van der Waals surface area (Å²) < 4.78 is 0. The van der Waals surface area contributed by atoms with Crippen LogP contribution < -0.4 is 21.5 Å². The predicted molar refractivity (Wildman–Crippen MR) is 189 cm³/mol. The molecule has 1 unspecified atom stereocenters. The quantitative estimate of drug-likeness (QED) is 0.121. The molecule has 5 N–H and O–H groups in total. The summed E-state index contributed by atoms with van der Waals surface area (Å²) in [5.74, 6) is -0.941. The second-order valence-corrected chi connectivity index (χ2v) is 11.9. The molecule has 0 bridgehead atoms. The maximum absolute atomic E-state index is 12.8. The van der Waals surface area contributed by atoms with Crippen molar-refractivity contribution in [3.8, 4) is 6.07 Å². The molecule has 0 spiro atoms. The molecule has 15 nitrogen and oxygen atoms in total. The van der Waals surface area contributed by atoms with Gasteiger partial charge in [-0.05, 0) is 41.0 Å². The SMILES string of the molecule is N#Cc1ccc(CC(Nc2nc(NCc3ccccc3)nc(Nc3cccc(CN4CCN(C(=O)c5ncc[nH]c5=O)CC4)c3)n2)C(=O)O)cc1. The predicted octanol–water partition coefficient (Wildman–Crippen LogP) is 3.25. The normalized spacial score (nSPS) is 13.5. The fourth-order valence-corrected chi connectivity index (χ4v) is 5.56. The van der Waals surface area contributed by atoms with Crippen LogP contribution in [0, 0.1) is 11.3 Å². The molecular formula is C36H35N11O4. The van der Waals surface area contributed by atoms with Crippen molar-refractivity contribution in [3.05, 3.63) is 130 Å². The summed E-state index contributed by atoms with van der Waals surface area (Å²) in [6.07, 6.45) is 2.93. The Bertz CT molecular complexity index is 2080. The van der Waals surface area contributed by atoms with Crippen LogP contribution in [0.1, 0.15) is 32.7 Å². The van der Waals surface area contributed by atoms with Crippen LogP contribution in [0.25, 0.3) is 0 Å². The number of amides is 1. The van der Waals surface area contributed by atoms with E-state index in [9.17, 15) is 19.5 Å². The van der Waals surface area contributed by atoms with Gasteiger partial charge in [0, 0.05) is 63.8 Å². The maximum Gasteiger partial charge on any atom is 0.326 e. The minimum atomic E-state index is -1.09.